The van der Waals surface area contributed by atoms with Crippen molar-refractivity contribution in [3.8, 4) is 5.75 Å². The Kier molecular flexibility index (Phi) is 6.83. The van der Waals surface area contributed by atoms with Crippen LogP contribution in [0.4, 0.5) is 10.5 Å². The Morgan fingerprint density at radius 1 is 1.38 bits per heavy atom. The summed E-state index contributed by atoms with van der Waals surface area (Å²) in [4.78, 5) is 25.9. The van der Waals surface area contributed by atoms with Crippen LogP contribution in [0.3, 0.4) is 0 Å². The van der Waals surface area contributed by atoms with Crippen LogP contribution in [-0.4, -0.2) is 50.6 Å². The Balaban J connectivity index is 1.40. The molecule has 1 atom stereocenters. The molecule has 4 rings (SSSR count). The lowest BCUT2D eigenvalue weighted by Crippen LogP contribution is -2.47. The van der Waals surface area contributed by atoms with E-state index in [0.717, 1.165) is 47.6 Å². The fraction of sp³-hybridized carbons (Fsp3) is 0.522. The van der Waals surface area contributed by atoms with Crippen molar-refractivity contribution in [2.45, 2.75) is 71.1 Å². The van der Waals surface area contributed by atoms with Crippen LogP contribution >= 0.6 is 11.3 Å². The molecule has 1 saturated carbocycles. The van der Waals surface area contributed by atoms with Gasteiger partial charge in [-0.15, -0.1) is 11.3 Å². The molecule has 1 aromatic heterocycles. The van der Waals surface area contributed by atoms with Crippen LogP contribution in [0.1, 0.15) is 55.3 Å². The molecule has 1 amide bonds. The van der Waals surface area contributed by atoms with E-state index in [4.69, 9.17) is 10.5 Å². The summed E-state index contributed by atoms with van der Waals surface area (Å²) in [6, 6.07) is 5.07. The number of hydrogen-bond acceptors (Lipinski definition) is 8. The van der Waals surface area contributed by atoms with E-state index in [9.17, 15) is 9.90 Å². The number of guanidine groups is 1. The minimum atomic E-state index is -0.304. The summed E-state index contributed by atoms with van der Waals surface area (Å²) in [5, 5.41) is 12.7. The molecule has 0 bridgehead atoms. The Labute approximate surface area is 192 Å². The average molecular weight is 458 g/mol. The molecule has 2 heterocycles. The number of phenolic OH excluding ortho intramolecular Hbond substituents is 1. The molecular formula is C23H31N5O3S. The lowest BCUT2D eigenvalue weighted by atomic mass is 9.94. The fourth-order valence-electron chi connectivity index (χ4n) is 4.36. The van der Waals surface area contributed by atoms with E-state index < -0.39 is 0 Å². The average Bonchev–Trinajstić information content (AvgIpc) is 3.20. The summed E-state index contributed by atoms with van der Waals surface area (Å²) in [6.07, 6.45) is 5.19. The highest BCUT2D eigenvalue weighted by atomic mass is 32.1. The molecule has 2 aromatic rings. The Hall–Kier alpha value is -2.81. The van der Waals surface area contributed by atoms with Gasteiger partial charge in [-0.1, -0.05) is 19.3 Å². The molecule has 1 fully saturated rings. The van der Waals surface area contributed by atoms with E-state index in [1.807, 2.05) is 29.0 Å². The minimum absolute atomic E-state index is 0.159. The van der Waals surface area contributed by atoms with Crippen molar-refractivity contribution < 1.29 is 14.6 Å². The van der Waals surface area contributed by atoms with Gasteiger partial charge in [0.25, 0.3) is 0 Å². The van der Waals surface area contributed by atoms with Crippen LogP contribution in [0.5, 0.6) is 5.75 Å². The molecule has 1 aliphatic carbocycles. The first kappa shape index (κ1) is 22.4. The zero-order valence-electron chi connectivity index (χ0n) is 18.7. The number of aromatic hydroxyl groups is 1. The maximum atomic E-state index is 13.1. The first-order valence-electron chi connectivity index (χ1n) is 11.2. The highest BCUT2D eigenvalue weighted by Crippen LogP contribution is 2.30. The van der Waals surface area contributed by atoms with Crippen molar-refractivity contribution in [3.63, 3.8) is 0 Å². The number of nitrogens with two attached hydrogens (primary N) is 1. The molecule has 1 aliphatic heterocycles. The monoisotopic (exact) mass is 457 g/mol. The molecule has 0 radical (unpaired) electrons. The maximum Gasteiger partial charge on any atom is 0.410 e. The molecular weight excluding hydrogens is 426 g/mol. The number of rotatable bonds is 6. The van der Waals surface area contributed by atoms with Gasteiger partial charge in [0.05, 0.1) is 18.3 Å². The van der Waals surface area contributed by atoms with Gasteiger partial charge in [-0.25, -0.2) is 14.8 Å². The SMILES string of the molecule is Cc1csc(CN(C(=O)OC[C@@H](C)N2Cc3cc(O)ccc3N=C2N)C2CCCCC2)n1. The quantitative estimate of drug-likeness (QED) is 0.671. The number of amides is 1. The van der Waals surface area contributed by atoms with E-state index in [2.05, 4.69) is 9.98 Å². The van der Waals surface area contributed by atoms with E-state index in [1.54, 1.807) is 29.5 Å². The third-order valence-electron chi connectivity index (χ3n) is 6.14. The van der Waals surface area contributed by atoms with Gasteiger partial charge in [0.1, 0.15) is 17.4 Å². The topological polar surface area (TPSA) is 104 Å². The van der Waals surface area contributed by atoms with Crippen molar-refractivity contribution in [3.05, 3.63) is 39.8 Å². The summed E-state index contributed by atoms with van der Waals surface area (Å²) in [6.45, 7) is 5.11. The predicted molar refractivity (Wildman–Crippen MR) is 125 cm³/mol. The van der Waals surface area contributed by atoms with Gasteiger partial charge in [0, 0.05) is 29.2 Å². The van der Waals surface area contributed by atoms with Crippen molar-refractivity contribution in [1.29, 1.82) is 0 Å². The maximum absolute atomic E-state index is 13.1. The Morgan fingerprint density at radius 3 is 2.88 bits per heavy atom. The third kappa shape index (κ3) is 5.15. The Morgan fingerprint density at radius 2 is 2.16 bits per heavy atom. The summed E-state index contributed by atoms with van der Waals surface area (Å²) < 4.78 is 5.77. The van der Waals surface area contributed by atoms with E-state index in [-0.39, 0.29) is 30.5 Å². The minimum Gasteiger partial charge on any atom is -0.508 e. The largest absolute Gasteiger partial charge is 0.508 e. The van der Waals surface area contributed by atoms with Crippen molar-refractivity contribution in [1.82, 2.24) is 14.8 Å². The van der Waals surface area contributed by atoms with Gasteiger partial charge in [-0.3, -0.25) is 4.90 Å². The number of ether oxygens (including phenoxy) is 1. The van der Waals surface area contributed by atoms with Crippen LogP contribution in [0.25, 0.3) is 0 Å². The molecule has 0 spiro atoms. The predicted octanol–water partition coefficient (Wildman–Crippen LogP) is 4.28. The molecule has 32 heavy (non-hydrogen) atoms. The number of phenols is 1. The van der Waals surface area contributed by atoms with E-state index >= 15 is 0 Å². The lowest BCUT2D eigenvalue weighted by molar-refractivity contribution is 0.0588. The lowest BCUT2D eigenvalue weighted by Gasteiger charge is -2.35. The number of aliphatic imine (C=N–C) groups is 1. The van der Waals surface area contributed by atoms with Crippen LogP contribution < -0.4 is 5.73 Å². The van der Waals surface area contributed by atoms with Crippen LogP contribution in [-0.2, 0) is 17.8 Å². The number of aromatic nitrogens is 1. The van der Waals surface area contributed by atoms with Gasteiger partial charge in [-0.2, -0.15) is 0 Å². The van der Waals surface area contributed by atoms with E-state index in [1.165, 1.54) is 6.42 Å². The molecule has 0 saturated heterocycles. The van der Waals surface area contributed by atoms with Gasteiger partial charge >= 0.3 is 6.09 Å². The van der Waals surface area contributed by atoms with Gasteiger partial charge in [-0.05, 0) is 44.9 Å². The number of nitrogens with zero attached hydrogens (tertiary/aromatic N) is 4. The number of fused-ring (bicyclic) bond motifs is 1. The normalized spacial score (nSPS) is 17.4. The molecule has 9 heteroatoms. The zero-order chi connectivity index (χ0) is 22.7. The summed E-state index contributed by atoms with van der Waals surface area (Å²) in [5.74, 6) is 0.577. The number of carbonyl (C=O) groups excluding carboxylic acids is 1. The standard InChI is InChI=1S/C23H31N5O3S/c1-15-14-32-21(25-15)12-28(18-6-4-3-5-7-18)23(30)31-13-16(2)27-11-17-10-19(29)8-9-20(17)26-22(27)24/h8-10,14,16,18,29H,3-7,11-13H2,1-2H3,(H2,24,26)/t16-/m1/s1. The van der Waals surface area contributed by atoms with Crippen molar-refractivity contribution >= 4 is 29.1 Å². The first-order valence-corrected chi connectivity index (χ1v) is 12.1. The molecule has 3 N–H and O–H groups in total. The molecule has 8 nitrogen and oxygen atoms in total. The van der Waals surface area contributed by atoms with Crippen molar-refractivity contribution in [2.24, 2.45) is 10.7 Å². The summed E-state index contributed by atoms with van der Waals surface area (Å²) in [7, 11) is 0. The number of benzene rings is 1. The van der Waals surface area contributed by atoms with Crippen molar-refractivity contribution in [2.75, 3.05) is 6.61 Å². The summed E-state index contributed by atoms with van der Waals surface area (Å²) >= 11 is 1.58. The molecule has 2 aliphatic rings. The number of hydrogen-bond donors (Lipinski definition) is 2. The molecule has 172 valence electrons. The van der Waals surface area contributed by atoms with Gasteiger partial charge in [0.2, 0.25) is 0 Å². The molecule has 0 unspecified atom stereocenters. The highest BCUT2D eigenvalue weighted by Gasteiger charge is 2.29. The van der Waals surface area contributed by atoms with Gasteiger partial charge in [0.15, 0.2) is 5.96 Å². The number of carbonyl (C=O) groups is 1. The third-order valence-corrected chi connectivity index (χ3v) is 7.09. The van der Waals surface area contributed by atoms with Crippen LogP contribution in [0, 0.1) is 6.92 Å². The Bertz CT molecular complexity index is 986. The number of aryl methyl sites for hydroxylation is 1. The number of thiazole rings is 1. The van der Waals surface area contributed by atoms with Crippen LogP contribution in [0.15, 0.2) is 28.6 Å². The second kappa shape index (κ2) is 9.77. The zero-order valence-corrected chi connectivity index (χ0v) is 19.5. The summed E-state index contributed by atoms with van der Waals surface area (Å²) in [5.41, 5.74) is 8.79. The van der Waals surface area contributed by atoms with E-state index in [0.29, 0.717) is 19.0 Å². The smallest absolute Gasteiger partial charge is 0.410 e. The first-order chi connectivity index (χ1) is 15.4. The van der Waals surface area contributed by atoms with Crippen LogP contribution in [0.2, 0.25) is 0 Å². The highest BCUT2D eigenvalue weighted by molar-refractivity contribution is 7.09. The second-order valence-electron chi connectivity index (χ2n) is 8.64. The van der Waals surface area contributed by atoms with Gasteiger partial charge < -0.3 is 20.5 Å². The fourth-order valence-corrected chi connectivity index (χ4v) is 5.13. The molecule has 1 aromatic carbocycles. The second-order valence-corrected chi connectivity index (χ2v) is 9.58.